The number of fused-ring (bicyclic) bond motifs is 1. The van der Waals surface area contributed by atoms with Crippen LogP contribution in [-0.4, -0.2) is 41.0 Å². The number of piperidine rings is 1. The van der Waals surface area contributed by atoms with Crippen molar-refractivity contribution < 1.29 is 32.5 Å². The minimum Gasteiger partial charge on any atom is -0.487 e. The van der Waals surface area contributed by atoms with E-state index in [1.807, 2.05) is 24.3 Å². The summed E-state index contributed by atoms with van der Waals surface area (Å²) in [5, 5.41) is 18.4. The smallest absolute Gasteiger partial charge is 0.487 e. The largest absolute Gasteiger partial charge is 0.573 e. The summed E-state index contributed by atoms with van der Waals surface area (Å²) in [4.78, 5) is 13.3. The summed E-state index contributed by atoms with van der Waals surface area (Å²) in [6.45, 7) is 3.18. The van der Waals surface area contributed by atoms with Crippen LogP contribution in [0.3, 0.4) is 0 Å². The van der Waals surface area contributed by atoms with E-state index in [1.54, 1.807) is 6.92 Å². The summed E-state index contributed by atoms with van der Waals surface area (Å²) in [6, 6.07) is 11.8. The minimum atomic E-state index is -4.81. The van der Waals surface area contributed by atoms with E-state index in [1.165, 1.54) is 37.5 Å². The Kier molecular flexibility index (Phi) is 8.51. The Balaban J connectivity index is 0.00000105. The molecule has 2 aromatic carbocycles. The number of aliphatic carboxylic acids is 1. The zero-order valence-corrected chi connectivity index (χ0v) is 21.5. The highest BCUT2D eigenvalue weighted by molar-refractivity contribution is 5.70. The van der Waals surface area contributed by atoms with E-state index in [2.05, 4.69) is 9.64 Å². The molecule has 1 aliphatic carbocycles. The molecule has 1 saturated carbocycles. The maximum absolute atomic E-state index is 12.8. The number of ether oxygens (including phenoxy) is 2. The van der Waals surface area contributed by atoms with E-state index in [4.69, 9.17) is 10.00 Å². The molecule has 1 unspecified atom stereocenters. The summed E-state index contributed by atoms with van der Waals surface area (Å²) >= 11 is 0. The van der Waals surface area contributed by atoms with Crippen LogP contribution >= 0.6 is 0 Å². The molecule has 1 spiro atoms. The third kappa shape index (κ3) is 7.64. The molecular weight excluding hydrogens is 497 g/mol. The molecule has 2 aromatic rings. The molecule has 3 aliphatic rings. The van der Waals surface area contributed by atoms with Gasteiger partial charge in [-0.25, -0.2) is 0 Å². The first-order valence-corrected chi connectivity index (χ1v) is 13.1. The Labute approximate surface area is 221 Å². The van der Waals surface area contributed by atoms with Gasteiger partial charge in [-0.15, -0.1) is 13.2 Å². The fraction of sp³-hybridized carbons (Fsp3) is 0.517. The van der Waals surface area contributed by atoms with Crippen LogP contribution in [0.15, 0.2) is 36.4 Å². The number of benzene rings is 2. The zero-order chi connectivity index (χ0) is 27.3. The van der Waals surface area contributed by atoms with Crippen molar-refractivity contribution in [3.8, 4) is 17.6 Å². The van der Waals surface area contributed by atoms with Gasteiger partial charge in [0.05, 0.1) is 17.6 Å². The maximum atomic E-state index is 12.8. The molecular formula is C29H33F3N2O4. The molecule has 1 atom stereocenters. The van der Waals surface area contributed by atoms with Gasteiger partial charge in [0.25, 0.3) is 0 Å². The number of alkyl halides is 3. The lowest BCUT2D eigenvalue weighted by Crippen LogP contribution is -2.49. The lowest BCUT2D eigenvalue weighted by Gasteiger charge is -2.44. The summed E-state index contributed by atoms with van der Waals surface area (Å²) in [5.41, 5.74) is 2.28. The summed E-state index contributed by atoms with van der Waals surface area (Å²) in [7, 11) is 0. The van der Waals surface area contributed by atoms with Crippen molar-refractivity contribution >= 4 is 5.97 Å². The van der Waals surface area contributed by atoms with Gasteiger partial charge in [-0.3, -0.25) is 9.69 Å². The van der Waals surface area contributed by atoms with Crippen molar-refractivity contribution in [2.24, 2.45) is 5.92 Å². The second-order valence-electron chi connectivity index (χ2n) is 10.5. The van der Waals surface area contributed by atoms with Gasteiger partial charge in [0.1, 0.15) is 17.1 Å². The van der Waals surface area contributed by atoms with E-state index < -0.39 is 18.2 Å². The van der Waals surface area contributed by atoms with Crippen molar-refractivity contribution in [3.05, 3.63) is 58.7 Å². The molecule has 0 bridgehead atoms. The number of nitriles is 1. The molecule has 2 heterocycles. The Hall–Kier alpha value is -3.25. The maximum Gasteiger partial charge on any atom is 0.573 e. The van der Waals surface area contributed by atoms with Crippen molar-refractivity contribution in [1.29, 1.82) is 5.26 Å². The number of hydrogen-bond acceptors (Lipinski definition) is 5. The lowest BCUT2D eigenvalue weighted by atomic mass is 9.82. The quantitative estimate of drug-likeness (QED) is 0.475. The Morgan fingerprint density at radius 1 is 1.16 bits per heavy atom. The number of carboxylic acid groups (broad SMARTS) is 1. The van der Waals surface area contributed by atoms with Crippen molar-refractivity contribution in [2.45, 2.75) is 76.8 Å². The van der Waals surface area contributed by atoms with Gasteiger partial charge in [0, 0.05) is 25.2 Å². The second-order valence-corrected chi connectivity index (χ2v) is 10.5. The van der Waals surface area contributed by atoms with Crippen molar-refractivity contribution in [3.63, 3.8) is 0 Å². The SMILES string of the molecule is C1CC1.CC(Cc1ccc2c(c1)OC1(CC2)CCN(Cc2cc(C#N)ccc2OC(F)(F)F)CC1)C(=O)O. The number of halogens is 3. The van der Waals surface area contributed by atoms with Crippen LogP contribution in [0.2, 0.25) is 0 Å². The Morgan fingerprint density at radius 2 is 1.87 bits per heavy atom. The van der Waals surface area contributed by atoms with Crippen LogP contribution in [0, 0.1) is 17.2 Å². The molecule has 204 valence electrons. The van der Waals surface area contributed by atoms with Crippen LogP contribution in [-0.2, 0) is 24.2 Å². The average Bonchev–Trinajstić information content (AvgIpc) is 3.75. The van der Waals surface area contributed by atoms with Crippen LogP contribution in [0.4, 0.5) is 13.2 Å². The molecule has 2 aliphatic heterocycles. The van der Waals surface area contributed by atoms with Gasteiger partial charge < -0.3 is 14.6 Å². The number of aryl methyl sites for hydroxylation is 1. The zero-order valence-electron chi connectivity index (χ0n) is 21.5. The molecule has 6 nitrogen and oxygen atoms in total. The van der Waals surface area contributed by atoms with Crippen molar-refractivity contribution in [1.82, 2.24) is 4.90 Å². The third-order valence-corrected chi connectivity index (χ3v) is 7.20. The first-order valence-electron chi connectivity index (χ1n) is 13.1. The molecule has 9 heteroatoms. The molecule has 0 amide bonds. The monoisotopic (exact) mass is 530 g/mol. The molecule has 38 heavy (non-hydrogen) atoms. The number of carbonyl (C=O) groups is 1. The van der Waals surface area contributed by atoms with Gasteiger partial charge in [0.15, 0.2) is 0 Å². The molecule has 1 saturated heterocycles. The highest BCUT2D eigenvalue weighted by Crippen LogP contribution is 2.40. The first-order chi connectivity index (χ1) is 18.1. The fourth-order valence-corrected chi connectivity index (χ4v) is 4.82. The minimum absolute atomic E-state index is 0.241. The van der Waals surface area contributed by atoms with E-state index in [9.17, 15) is 23.1 Å². The van der Waals surface area contributed by atoms with Gasteiger partial charge >= 0.3 is 12.3 Å². The molecule has 0 aromatic heterocycles. The molecule has 1 N–H and O–H groups in total. The summed E-state index contributed by atoms with van der Waals surface area (Å²) < 4.78 is 49.2. The molecule has 2 fully saturated rings. The van der Waals surface area contributed by atoms with E-state index in [0.29, 0.717) is 25.1 Å². The lowest BCUT2D eigenvalue weighted by molar-refractivity contribution is -0.275. The van der Waals surface area contributed by atoms with Gasteiger partial charge in [-0.05, 0) is 67.5 Å². The number of rotatable bonds is 6. The Morgan fingerprint density at radius 3 is 2.47 bits per heavy atom. The standard InChI is InChI=1S/C26H27F3N2O4.C3H6/c1-17(24(32)33)12-18-2-4-20-6-7-25(34-23(20)14-18)8-10-31(11-9-25)16-21-13-19(15-30)3-5-22(21)35-26(27,28)29;1-2-3-1/h2-5,13-14,17H,6-12,16H2,1H3,(H,32,33);1-3H2. The number of likely N-dealkylation sites (tertiary alicyclic amines) is 1. The normalized spacial score (nSPS) is 18.7. The van der Waals surface area contributed by atoms with E-state index in [-0.39, 0.29) is 23.5 Å². The molecule has 0 radical (unpaired) electrons. The highest BCUT2D eigenvalue weighted by atomic mass is 19.4. The Bertz CT molecular complexity index is 1180. The topological polar surface area (TPSA) is 82.8 Å². The predicted molar refractivity (Wildman–Crippen MR) is 135 cm³/mol. The summed E-state index contributed by atoms with van der Waals surface area (Å²) in [6.07, 6.45) is 3.27. The number of carboxylic acids is 1. The van der Waals surface area contributed by atoms with E-state index >= 15 is 0 Å². The van der Waals surface area contributed by atoms with Crippen LogP contribution in [0.5, 0.6) is 11.5 Å². The molecule has 5 rings (SSSR count). The van der Waals surface area contributed by atoms with Gasteiger partial charge in [-0.2, -0.15) is 5.26 Å². The predicted octanol–water partition coefficient (Wildman–Crippen LogP) is 6.25. The van der Waals surface area contributed by atoms with E-state index in [0.717, 1.165) is 42.6 Å². The number of hydrogen-bond donors (Lipinski definition) is 1. The van der Waals surface area contributed by atoms with Gasteiger partial charge in [0.2, 0.25) is 0 Å². The summed E-state index contributed by atoms with van der Waals surface area (Å²) in [5.74, 6) is -0.818. The van der Waals surface area contributed by atoms with Crippen LogP contribution in [0.25, 0.3) is 0 Å². The number of nitrogens with zero attached hydrogens (tertiary/aromatic N) is 2. The third-order valence-electron chi connectivity index (χ3n) is 7.20. The highest BCUT2D eigenvalue weighted by Gasteiger charge is 2.40. The van der Waals surface area contributed by atoms with Crippen LogP contribution in [0.1, 0.15) is 67.7 Å². The van der Waals surface area contributed by atoms with Gasteiger partial charge in [-0.1, -0.05) is 38.3 Å². The fourth-order valence-electron chi connectivity index (χ4n) is 4.82. The van der Waals surface area contributed by atoms with Crippen LogP contribution < -0.4 is 9.47 Å². The average molecular weight is 531 g/mol. The second kappa shape index (κ2) is 11.6. The first kappa shape index (κ1) is 27.8. The van der Waals surface area contributed by atoms with Crippen molar-refractivity contribution in [2.75, 3.05) is 13.1 Å².